The molecule has 0 aliphatic heterocycles. The van der Waals surface area contributed by atoms with Crippen molar-refractivity contribution in [1.82, 2.24) is 5.32 Å². The van der Waals surface area contributed by atoms with Gasteiger partial charge in [0.2, 0.25) is 5.91 Å². The van der Waals surface area contributed by atoms with Crippen LogP contribution >= 0.6 is 0 Å². The number of carbonyl (C=O) groups is 2. The summed E-state index contributed by atoms with van der Waals surface area (Å²) in [5, 5.41) is 14.8. The van der Waals surface area contributed by atoms with Crippen LogP contribution in [0.4, 0.5) is 14.5 Å². The van der Waals surface area contributed by atoms with Gasteiger partial charge >= 0.3 is 0 Å². The predicted molar refractivity (Wildman–Crippen MR) is 84.4 cm³/mol. The number of nitrogens with one attached hydrogen (secondary N) is 2. The minimum absolute atomic E-state index is 0.234. The fourth-order valence-corrected chi connectivity index (χ4v) is 2.13. The SMILES string of the molecule is CC(=O)Nc1ccc(C(=O)NCC(O)c2c(F)cccc2F)cc1. The van der Waals surface area contributed by atoms with E-state index < -0.39 is 29.2 Å². The van der Waals surface area contributed by atoms with Gasteiger partial charge in [-0.1, -0.05) is 6.07 Å². The molecule has 2 rings (SSSR count). The van der Waals surface area contributed by atoms with E-state index in [4.69, 9.17) is 0 Å². The Bertz CT molecular complexity index is 728. The molecule has 0 fully saturated rings. The molecule has 24 heavy (non-hydrogen) atoms. The standard InChI is InChI=1S/C17H16F2N2O3/c1-10(22)21-12-7-5-11(6-8-12)17(24)20-9-15(23)16-13(18)3-2-4-14(16)19/h2-8,15,23H,9H2,1H3,(H,20,24)(H,21,22). The molecule has 1 atom stereocenters. The van der Waals surface area contributed by atoms with E-state index in [1.54, 1.807) is 12.1 Å². The summed E-state index contributed by atoms with van der Waals surface area (Å²) in [5.41, 5.74) is 0.330. The van der Waals surface area contributed by atoms with E-state index in [0.717, 1.165) is 12.1 Å². The summed E-state index contributed by atoms with van der Waals surface area (Å²) in [5.74, 6) is -2.50. The zero-order valence-electron chi connectivity index (χ0n) is 12.8. The van der Waals surface area contributed by atoms with Gasteiger partial charge in [-0.15, -0.1) is 0 Å². The third kappa shape index (κ3) is 4.36. The Hall–Kier alpha value is -2.80. The zero-order valence-corrected chi connectivity index (χ0v) is 12.8. The van der Waals surface area contributed by atoms with Crippen molar-refractivity contribution in [3.8, 4) is 0 Å². The molecule has 3 N–H and O–H groups in total. The number of carbonyl (C=O) groups excluding carboxylic acids is 2. The van der Waals surface area contributed by atoms with Gasteiger partial charge < -0.3 is 15.7 Å². The van der Waals surface area contributed by atoms with Gasteiger partial charge in [0.15, 0.2) is 0 Å². The van der Waals surface area contributed by atoms with Gasteiger partial charge in [-0.2, -0.15) is 0 Å². The minimum Gasteiger partial charge on any atom is -0.386 e. The van der Waals surface area contributed by atoms with E-state index in [1.165, 1.54) is 25.1 Å². The lowest BCUT2D eigenvalue weighted by molar-refractivity contribution is -0.114. The lowest BCUT2D eigenvalue weighted by Gasteiger charge is -2.14. The van der Waals surface area contributed by atoms with Gasteiger partial charge in [0.25, 0.3) is 5.91 Å². The first-order valence-electron chi connectivity index (χ1n) is 7.16. The molecule has 0 bridgehead atoms. The fraction of sp³-hybridized carbons (Fsp3) is 0.176. The number of aliphatic hydroxyl groups is 1. The summed E-state index contributed by atoms with van der Waals surface area (Å²) in [6.07, 6.45) is -1.51. The number of aliphatic hydroxyl groups excluding tert-OH is 1. The van der Waals surface area contributed by atoms with Crippen LogP contribution in [0.5, 0.6) is 0 Å². The molecule has 0 saturated carbocycles. The van der Waals surface area contributed by atoms with E-state index in [0.29, 0.717) is 5.69 Å². The summed E-state index contributed by atoms with van der Waals surface area (Å²) < 4.78 is 27.1. The highest BCUT2D eigenvalue weighted by Crippen LogP contribution is 2.20. The summed E-state index contributed by atoms with van der Waals surface area (Å²) in [6, 6.07) is 9.31. The van der Waals surface area contributed by atoms with E-state index in [-0.39, 0.29) is 18.0 Å². The van der Waals surface area contributed by atoms with E-state index >= 15 is 0 Å². The van der Waals surface area contributed by atoms with Crippen molar-refractivity contribution >= 4 is 17.5 Å². The maximum absolute atomic E-state index is 13.5. The van der Waals surface area contributed by atoms with Crippen molar-refractivity contribution in [1.29, 1.82) is 0 Å². The third-order valence-electron chi connectivity index (χ3n) is 3.26. The van der Waals surface area contributed by atoms with Crippen LogP contribution in [-0.2, 0) is 4.79 Å². The van der Waals surface area contributed by atoms with Gasteiger partial charge in [0.05, 0.1) is 5.56 Å². The van der Waals surface area contributed by atoms with Crippen molar-refractivity contribution in [3.63, 3.8) is 0 Å². The molecule has 0 aliphatic carbocycles. The first kappa shape index (κ1) is 17.6. The normalized spacial score (nSPS) is 11.7. The number of benzene rings is 2. The molecular formula is C17H16F2N2O3. The molecule has 0 aliphatic rings. The second kappa shape index (κ2) is 7.65. The summed E-state index contributed by atoms with van der Waals surface area (Å²) in [6.45, 7) is 1.02. The van der Waals surface area contributed by atoms with Crippen molar-refractivity contribution in [2.45, 2.75) is 13.0 Å². The molecule has 0 aromatic heterocycles. The van der Waals surface area contributed by atoms with Gasteiger partial charge in [-0.05, 0) is 36.4 Å². The molecule has 7 heteroatoms. The Morgan fingerprint density at radius 3 is 2.21 bits per heavy atom. The van der Waals surface area contributed by atoms with Crippen LogP contribution in [0.3, 0.4) is 0 Å². The molecule has 0 saturated heterocycles. The quantitative estimate of drug-likeness (QED) is 0.786. The molecule has 2 aromatic rings. The highest BCUT2D eigenvalue weighted by Gasteiger charge is 2.18. The maximum Gasteiger partial charge on any atom is 0.251 e. The van der Waals surface area contributed by atoms with Crippen LogP contribution in [0.2, 0.25) is 0 Å². The van der Waals surface area contributed by atoms with Gasteiger partial charge in [-0.25, -0.2) is 8.78 Å². The lowest BCUT2D eigenvalue weighted by atomic mass is 10.1. The zero-order chi connectivity index (χ0) is 17.7. The van der Waals surface area contributed by atoms with Crippen molar-refractivity contribution in [3.05, 3.63) is 65.2 Å². The lowest BCUT2D eigenvalue weighted by Crippen LogP contribution is -2.29. The first-order chi connectivity index (χ1) is 11.4. The number of rotatable bonds is 5. The molecule has 2 aromatic carbocycles. The van der Waals surface area contributed by atoms with E-state index in [9.17, 15) is 23.5 Å². The molecule has 0 spiro atoms. The monoisotopic (exact) mass is 334 g/mol. The van der Waals surface area contributed by atoms with Crippen LogP contribution in [0.1, 0.15) is 28.9 Å². The Morgan fingerprint density at radius 1 is 1.08 bits per heavy atom. The molecule has 0 radical (unpaired) electrons. The van der Waals surface area contributed by atoms with Crippen molar-refractivity contribution < 1.29 is 23.5 Å². The smallest absolute Gasteiger partial charge is 0.251 e. The molecule has 2 amide bonds. The molecule has 5 nitrogen and oxygen atoms in total. The molecule has 0 heterocycles. The highest BCUT2D eigenvalue weighted by molar-refractivity contribution is 5.95. The largest absolute Gasteiger partial charge is 0.386 e. The molecule has 1 unspecified atom stereocenters. The number of anilines is 1. The number of hydrogen-bond donors (Lipinski definition) is 3. The van der Waals surface area contributed by atoms with Gasteiger partial charge in [0, 0.05) is 24.7 Å². The van der Waals surface area contributed by atoms with Crippen LogP contribution in [0.25, 0.3) is 0 Å². The van der Waals surface area contributed by atoms with Crippen LogP contribution in [-0.4, -0.2) is 23.5 Å². The van der Waals surface area contributed by atoms with Crippen LogP contribution in [0, 0.1) is 11.6 Å². The fourth-order valence-electron chi connectivity index (χ4n) is 2.13. The summed E-state index contributed by atoms with van der Waals surface area (Å²) >= 11 is 0. The second-order valence-corrected chi connectivity index (χ2v) is 5.12. The number of amides is 2. The van der Waals surface area contributed by atoms with Crippen LogP contribution in [0.15, 0.2) is 42.5 Å². The highest BCUT2D eigenvalue weighted by atomic mass is 19.1. The Balaban J connectivity index is 1.98. The second-order valence-electron chi connectivity index (χ2n) is 5.12. The Labute approximate surface area is 137 Å². The predicted octanol–water partition coefficient (Wildman–Crippen LogP) is 2.39. The van der Waals surface area contributed by atoms with Crippen molar-refractivity contribution in [2.75, 3.05) is 11.9 Å². The van der Waals surface area contributed by atoms with E-state index in [1.807, 2.05) is 0 Å². The van der Waals surface area contributed by atoms with Crippen molar-refractivity contribution in [2.24, 2.45) is 0 Å². The maximum atomic E-state index is 13.5. The first-order valence-corrected chi connectivity index (χ1v) is 7.16. The minimum atomic E-state index is -1.51. The van der Waals surface area contributed by atoms with Gasteiger partial charge in [0.1, 0.15) is 17.7 Å². The van der Waals surface area contributed by atoms with Crippen LogP contribution < -0.4 is 10.6 Å². The molecule has 126 valence electrons. The average molecular weight is 334 g/mol. The van der Waals surface area contributed by atoms with E-state index in [2.05, 4.69) is 10.6 Å². The Morgan fingerprint density at radius 2 is 1.67 bits per heavy atom. The average Bonchev–Trinajstić information content (AvgIpc) is 2.52. The summed E-state index contributed by atoms with van der Waals surface area (Å²) in [7, 11) is 0. The topological polar surface area (TPSA) is 78.4 Å². The molecular weight excluding hydrogens is 318 g/mol. The third-order valence-corrected chi connectivity index (χ3v) is 3.26. The number of halogens is 2. The van der Waals surface area contributed by atoms with Gasteiger partial charge in [-0.3, -0.25) is 9.59 Å². The number of hydrogen-bond acceptors (Lipinski definition) is 3. The Kier molecular flexibility index (Phi) is 5.59. The summed E-state index contributed by atoms with van der Waals surface area (Å²) in [4.78, 5) is 22.9.